The highest BCUT2D eigenvalue weighted by Crippen LogP contribution is 2.27. The molecule has 2 nitrogen and oxygen atoms in total. The van der Waals surface area contributed by atoms with Crippen LogP contribution < -0.4 is 0 Å². The molecule has 1 heterocycles. The Morgan fingerprint density at radius 3 is 2.50 bits per heavy atom. The summed E-state index contributed by atoms with van der Waals surface area (Å²) in [6.45, 7) is 3.44. The average Bonchev–Trinajstić information content (AvgIpc) is 2.69. The van der Waals surface area contributed by atoms with E-state index < -0.39 is 11.6 Å². The number of hydrogen-bond donors (Lipinski definition) is 0. The summed E-state index contributed by atoms with van der Waals surface area (Å²) in [6, 6.07) is 3.80. The SMILES string of the molecule is Cc1cc(C(=O)CCl)c(C)n1-c1cc(Br)c(F)cc1F. The van der Waals surface area contributed by atoms with Crippen LogP contribution in [0.3, 0.4) is 0 Å². The molecule has 0 unspecified atom stereocenters. The van der Waals surface area contributed by atoms with Gasteiger partial charge in [-0.3, -0.25) is 4.79 Å². The number of ketones is 1. The van der Waals surface area contributed by atoms with Crippen LogP contribution in [0.25, 0.3) is 5.69 Å². The first-order valence-electron chi connectivity index (χ1n) is 5.79. The molecule has 0 aliphatic rings. The number of benzene rings is 1. The second kappa shape index (κ2) is 5.66. The first-order valence-corrected chi connectivity index (χ1v) is 7.12. The molecule has 6 heteroatoms. The van der Waals surface area contributed by atoms with E-state index in [0.717, 1.165) is 6.07 Å². The smallest absolute Gasteiger partial charge is 0.179 e. The van der Waals surface area contributed by atoms with E-state index in [-0.39, 0.29) is 21.8 Å². The van der Waals surface area contributed by atoms with Gasteiger partial charge in [0.05, 0.1) is 16.0 Å². The van der Waals surface area contributed by atoms with E-state index in [1.165, 1.54) is 6.07 Å². The number of nitrogens with zero attached hydrogens (tertiary/aromatic N) is 1. The third-order valence-corrected chi connectivity index (χ3v) is 3.93. The summed E-state index contributed by atoms with van der Waals surface area (Å²) in [7, 11) is 0. The first-order chi connectivity index (χ1) is 9.36. The maximum absolute atomic E-state index is 14.0. The Labute approximate surface area is 128 Å². The standard InChI is InChI=1S/C14H11BrClF2NO/c1-7-3-9(14(20)6-16)8(2)19(7)13-4-10(15)11(17)5-12(13)18/h3-5H,6H2,1-2H3. The molecule has 0 aliphatic heterocycles. The van der Waals surface area contributed by atoms with Crippen LogP contribution in [-0.2, 0) is 0 Å². The summed E-state index contributed by atoms with van der Waals surface area (Å²) in [4.78, 5) is 11.7. The van der Waals surface area contributed by atoms with Crippen molar-refractivity contribution < 1.29 is 13.6 Å². The molecular weight excluding hydrogens is 352 g/mol. The monoisotopic (exact) mass is 361 g/mol. The third-order valence-electron chi connectivity index (χ3n) is 3.08. The molecule has 20 heavy (non-hydrogen) atoms. The molecule has 0 N–H and O–H groups in total. The van der Waals surface area contributed by atoms with Gasteiger partial charge in [-0.2, -0.15) is 0 Å². The zero-order chi connectivity index (χ0) is 15.0. The lowest BCUT2D eigenvalue weighted by Crippen LogP contribution is -2.06. The largest absolute Gasteiger partial charge is 0.315 e. The van der Waals surface area contributed by atoms with Gasteiger partial charge in [-0.05, 0) is 41.9 Å². The summed E-state index contributed by atoms with van der Waals surface area (Å²) in [5.41, 5.74) is 1.87. The lowest BCUT2D eigenvalue weighted by molar-refractivity contribution is 0.102. The van der Waals surface area contributed by atoms with Crippen molar-refractivity contribution in [3.63, 3.8) is 0 Å². The fourth-order valence-corrected chi connectivity index (χ4v) is 2.65. The topological polar surface area (TPSA) is 22.0 Å². The number of aromatic nitrogens is 1. The molecule has 0 aliphatic carbocycles. The molecule has 0 saturated heterocycles. The molecule has 1 aromatic heterocycles. The molecular formula is C14H11BrClF2NO. The van der Waals surface area contributed by atoms with E-state index in [1.54, 1.807) is 24.5 Å². The fourth-order valence-electron chi connectivity index (χ4n) is 2.17. The van der Waals surface area contributed by atoms with E-state index in [1.807, 2.05) is 0 Å². The normalized spacial score (nSPS) is 10.9. The summed E-state index contributed by atoms with van der Waals surface area (Å²) >= 11 is 8.59. The number of carbonyl (C=O) groups is 1. The minimum absolute atomic E-state index is 0.139. The Balaban J connectivity index is 2.68. The highest BCUT2D eigenvalue weighted by atomic mass is 79.9. The minimum Gasteiger partial charge on any atom is -0.315 e. The number of carbonyl (C=O) groups excluding carboxylic acids is 1. The van der Waals surface area contributed by atoms with Crippen LogP contribution in [0.5, 0.6) is 0 Å². The van der Waals surface area contributed by atoms with Crippen LogP contribution in [0.4, 0.5) is 8.78 Å². The Kier molecular flexibility index (Phi) is 4.30. The Morgan fingerprint density at radius 1 is 1.25 bits per heavy atom. The molecule has 0 saturated carbocycles. The van der Waals surface area contributed by atoms with Crippen molar-refractivity contribution in [1.29, 1.82) is 0 Å². The van der Waals surface area contributed by atoms with E-state index >= 15 is 0 Å². The van der Waals surface area contributed by atoms with Gasteiger partial charge in [-0.15, -0.1) is 11.6 Å². The van der Waals surface area contributed by atoms with Gasteiger partial charge in [0.25, 0.3) is 0 Å². The molecule has 0 fully saturated rings. The first kappa shape index (κ1) is 15.2. The van der Waals surface area contributed by atoms with Crippen LogP contribution in [0.15, 0.2) is 22.7 Å². The van der Waals surface area contributed by atoms with Gasteiger partial charge in [-0.1, -0.05) is 0 Å². The molecule has 0 atom stereocenters. The zero-order valence-electron chi connectivity index (χ0n) is 10.8. The summed E-state index contributed by atoms with van der Waals surface area (Å²) in [6.07, 6.45) is 0. The highest BCUT2D eigenvalue weighted by molar-refractivity contribution is 9.10. The number of hydrogen-bond acceptors (Lipinski definition) is 1. The molecule has 0 spiro atoms. The third kappa shape index (κ3) is 2.52. The van der Waals surface area contributed by atoms with Crippen molar-refractivity contribution in [3.05, 3.63) is 51.3 Å². The van der Waals surface area contributed by atoms with Crippen molar-refractivity contribution in [3.8, 4) is 5.69 Å². The summed E-state index contributed by atoms with van der Waals surface area (Å²) in [5, 5.41) is 0. The number of alkyl halides is 1. The van der Waals surface area contributed by atoms with Gasteiger partial charge >= 0.3 is 0 Å². The van der Waals surface area contributed by atoms with Crippen LogP contribution >= 0.6 is 27.5 Å². The van der Waals surface area contributed by atoms with E-state index in [2.05, 4.69) is 15.9 Å². The fraction of sp³-hybridized carbons (Fsp3) is 0.214. The van der Waals surface area contributed by atoms with E-state index in [9.17, 15) is 13.6 Å². The Hall–Kier alpha value is -1.20. The summed E-state index contributed by atoms with van der Waals surface area (Å²) < 4.78 is 29.0. The van der Waals surface area contributed by atoms with Gasteiger partial charge in [0.2, 0.25) is 0 Å². The molecule has 106 valence electrons. The van der Waals surface area contributed by atoms with Crippen molar-refractivity contribution in [2.45, 2.75) is 13.8 Å². The highest BCUT2D eigenvalue weighted by Gasteiger charge is 2.19. The van der Waals surface area contributed by atoms with Crippen molar-refractivity contribution in [1.82, 2.24) is 4.57 Å². The van der Waals surface area contributed by atoms with Gasteiger partial charge in [0.1, 0.15) is 11.6 Å². The lowest BCUT2D eigenvalue weighted by Gasteiger charge is -2.12. The Morgan fingerprint density at radius 2 is 1.90 bits per heavy atom. The predicted octanol–water partition coefficient (Wildman–Crippen LogP) is 4.56. The molecule has 2 aromatic rings. The molecule has 0 radical (unpaired) electrons. The van der Waals surface area contributed by atoms with Crippen LogP contribution in [0.2, 0.25) is 0 Å². The molecule has 1 aromatic carbocycles. The maximum atomic E-state index is 14.0. The molecule has 2 rings (SSSR count). The molecule has 0 bridgehead atoms. The second-order valence-corrected chi connectivity index (χ2v) is 5.52. The summed E-state index contributed by atoms with van der Waals surface area (Å²) in [5.74, 6) is -1.74. The minimum atomic E-state index is -0.697. The van der Waals surface area contributed by atoms with Gasteiger partial charge < -0.3 is 4.57 Å². The second-order valence-electron chi connectivity index (χ2n) is 4.39. The quantitative estimate of drug-likeness (QED) is 0.446. The number of halogens is 4. The van der Waals surface area contributed by atoms with Crippen LogP contribution in [-0.4, -0.2) is 16.2 Å². The van der Waals surface area contributed by atoms with Gasteiger partial charge in [0.15, 0.2) is 5.78 Å². The van der Waals surface area contributed by atoms with E-state index in [0.29, 0.717) is 17.0 Å². The number of rotatable bonds is 3. The predicted molar refractivity (Wildman–Crippen MR) is 77.9 cm³/mol. The van der Waals surface area contributed by atoms with Gasteiger partial charge in [-0.25, -0.2) is 8.78 Å². The average molecular weight is 363 g/mol. The van der Waals surface area contributed by atoms with Crippen molar-refractivity contribution in [2.75, 3.05) is 5.88 Å². The Bertz CT molecular complexity index is 697. The van der Waals surface area contributed by atoms with Crippen molar-refractivity contribution in [2.24, 2.45) is 0 Å². The van der Waals surface area contributed by atoms with Crippen LogP contribution in [0, 0.1) is 25.5 Å². The van der Waals surface area contributed by atoms with E-state index in [4.69, 9.17) is 11.6 Å². The maximum Gasteiger partial charge on any atom is 0.179 e. The van der Waals surface area contributed by atoms with Crippen LogP contribution in [0.1, 0.15) is 21.7 Å². The number of Topliss-reactive ketones (excluding diaryl/α,β-unsaturated/α-hetero) is 1. The van der Waals surface area contributed by atoms with Crippen molar-refractivity contribution >= 4 is 33.3 Å². The van der Waals surface area contributed by atoms with Gasteiger partial charge in [0, 0.05) is 23.0 Å². The zero-order valence-corrected chi connectivity index (χ0v) is 13.1. The lowest BCUT2D eigenvalue weighted by atomic mass is 10.2. The molecule has 0 amide bonds. The number of aryl methyl sites for hydroxylation is 1.